The summed E-state index contributed by atoms with van der Waals surface area (Å²) in [5, 5.41) is 10.8. The first-order chi connectivity index (χ1) is 16.8. The van der Waals surface area contributed by atoms with Crippen molar-refractivity contribution in [3.63, 3.8) is 0 Å². The number of nitrogens with one attached hydrogen (secondary N) is 2. The van der Waals surface area contributed by atoms with Crippen molar-refractivity contribution in [1.82, 2.24) is 14.8 Å². The van der Waals surface area contributed by atoms with Gasteiger partial charge in [-0.25, -0.2) is 13.8 Å². The number of benzene rings is 1. The molecule has 4 aromatic rings. The number of nitrogens with zero attached hydrogens (tertiary/aromatic N) is 3. The molecule has 0 spiro atoms. The molecule has 3 heterocycles. The highest BCUT2D eigenvalue weighted by molar-refractivity contribution is 5.92. The summed E-state index contributed by atoms with van der Waals surface area (Å²) in [5.74, 6) is -0.665. The zero-order chi connectivity index (χ0) is 24.9. The second kappa shape index (κ2) is 8.26. The summed E-state index contributed by atoms with van der Waals surface area (Å²) in [6.45, 7) is 1.41. The molecule has 0 unspecified atom stereocenters. The van der Waals surface area contributed by atoms with E-state index in [2.05, 4.69) is 20.7 Å². The largest absolute Gasteiger partial charge is 0.494 e. The number of pyridine rings is 1. The van der Waals surface area contributed by atoms with E-state index >= 15 is 8.78 Å². The molecular weight excluding hydrogens is 460 g/mol. The molecule has 1 aliphatic carbocycles. The van der Waals surface area contributed by atoms with Gasteiger partial charge in [0.15, 0.2) is 34.5 Å². The number of rotatable bonds is 7. The fraction of sp³-hybridized carbons (Fsp3) is 0.292. The lowest BCUT2D eigenvalue weighted by Gasteiger charge is -2.18. The normalized spacial score (nSPS) is 14.1. The van der Waals surface area contributed by atoms with Crippen LogP contribution < -0.4 is 20.1 Å². The average Bonchev–Trinajstić information content (AvgIpc) is 3.37. The highest BCUT2D eigenvalue weighted by atomic mass is 19.1. The molecule has 5 rings (SSSR count). The standard InChI is InChI=1S/C24H23F2N5O4/c1-12(32)28-14-11-31(2)30-23(14)29-19-8-13-7-18(35-17(13)10-27-19)24(5-6-24)20-21(25)15(33-3)9-16(34-4)22(20)26/h7-11H,5-6H2,1-4H3,(H,28,32)(H,27,29,30). The van der Waals surface area contributed by atoms with Gasteiger partial charge in [0.1, 0.15) is 17.3 Å². The number of aryl methyl sites for hydroxylation is 1. The number of amides is 1. The van der Waals surface area contributed by atoms with Crippen molar-refractivity contribution in [3.05, 3.63) is 53.6 Å². The molecule has 0 aliphatic heterocycles. The Morgan fingerprint density at radius 3 is 2.43 bits per heavy atom. The van der Waals surface area contributed by atoms with Crippen LogP contribution in [0.2, 0.25) is 0 Å². The number of hydrogen-bond acceptors (Lipinski definition) is 7. The zero-order valence-electron chi connectivity index (χ0n) is 19.5. The third-order valence-corrected chi connectivity index (χ3v) is 6.06. The van der Waals surface area contributed by atoms with Crippen molar-refractivity contribution in [3.8, 4) is 11.5 Å². The fourth-order valence-electron chi connectivity index (χ4n) is 4.28. The van der Waals surface area contributed by atoms with Crippen molar-refractivity contribution in [2.45, 2.75) is 25.2 Å². The molecule has 3 aromatic heterocycles. The maximum absolute atomic E-state index is 15.2. The van der Waals surface area contributed by atoms with E-state index in [0.717, 1.165) is 0 Å². The van der Waals surface area contributed by atoms with Gasteiger partial charge in [0.05, 0.1) is 32.0 Å². The van der Waals surface area contributed by atoms with Gasteiger partial charge in [0.25, 0.3) is 0 Å². The molecule has 0 saturated heterocycles. The number of aromatic nitrogens is 3. The zero-order valence-corrected chi connectivity index (χ0v) is 19.5. The van der Waals surface area contributed by atoms with Gasteiger partial charge in [-0.1, -0.05) is 0 Å². The van der Waals surface area contributed by atoms with Gasteiger partial charge in [-0.05, 0) is 25.0 Å². The lowest BCUT2D eigenvalue weighted by molar-refractivity contribution is -0.114. The van der Waals surface area contributed by atoms with Crippen molar-refractivity contribution in [1.29, 1.82) is 0 Å². The topological polar surface area (TPSA) is 103 Å². The van der Waals surface area contributed by atoms with Gasteiger partial charge < -0.3 is 24.5 Å². The van der Waals surface area contributed by atoms with Crippen LogP contribution in [0.1, 0.15) is 31.1 Å². The van der Waals surface area contributed by atoms with Crippen LogP contribution in [0.5, 0.6) is 11.5 Å². The van der Waals surface area contributed by atoms with Gasteiger partial charge >= 0.3 is 0 Å². The summed E-state index contributed by atoms with van der Waals surface area (Å²) >= 11 is 0. The minimum atomic E-state index is -0.970. The second-order valence-corrected chi connectivity index (χ2v) is 8.46. The summed E-state index contributed by atoms with van der Waals surface area (Å²) in [6, 6.07) is 4.69. The highest BCUT2D eigenvalue weighted by Gasteiger charge is 2.53. The van der Waals surface area contributed by atoms with E-state index in [1.807, 2.05) is 0 Å². The molecule has 1 amide bonds. The van der Waals surface area contributed by atoms with Crippen molar-refractivity contribution in [2.75, 3.05) is 24.9 Å². The lowest BCUT2D eigenvalue weighted by Crippen LogP contribution is -2.14. The monoisotopic (exact) mass is 483 g/mol. The van der Waals surface area contributed by atoms with E-state index in [4.69, 9.17) is 13.9 Å². The first-order valence-electron chi connectivity index (χ1n) is 10.8. The Morgan fingerprint density at radius 1 is 1.14 bits per heavy atom. The van der Waals surface area contributed by atoms with E-state index in [0.29, 0.717) is 46.9 Å². The number of carbonyl (C=O) groups excluding carboxylic acids is 1. The minimum Gasteiger partial charge on any atom is -0.494 e. The van der Waals surface area contributed by atoms with Gasteiger partial charge in [0, 0.05) is 31.0 Å². The molecule has 1 aromatic carbocycles. The van der Waals surface area contributed by atoms with Crippen molar-refractivity contribution in [2.24, 2.45) is 7.05 Å². The maximum atomic E-state index is 15.2. The number of ether oxygens (including phenoxy) is 2. The number of methoxy groups -OCH3 is 2. The fourth-order valence-corrected chi connectivity index (χ4v) is 4.28. The summed E-state index contributed by atoms with van der Waals surface area (Å²) < 4.78 is 48.3. The first kappa shape index (κ1) is 22.6. The van der Waals surface area contributed by atoms with Crippen LogP contribution in [0.3, 0.4) is 0 Å². The number of carbonyl (C=O) groups is 1. The van der Waals surface area contributed by atoms with Gasteiger partial charge in [-0.15, -0.1) is 0 Å². The third kappa shape index (κ3) is 3.82. The van der Waals surface area contributed by atoms with E-state index in [9.17, 15) is 4.79 Å². The van der Waals surface area contributed by atoms with Crippen molar-refractivity contribution >= 4 is 34.2 Å². The summed E-state index contributed by atoms with van der Waals surface area (Å²) in [4.78, 5) is 15.8. The molecule has 2 N–H and O–H groups in total. The van der Waals surface area contributed by atoms with Crippen LogP contribution in [-0.4, -0.2) is 34.9 Å². The smallest absolute Gasteiger partial charge is 0.221 e. The molecule has 0 atom stereocenters. The predicted octanol–water partition coefficient (Wildman–Crippen LogP) is 4.64. The predicted molar refractivity (Wildman–Crippen MR) is 124 cm³/mol. The quantitative estimate of drug-likeness (QED) is 0.395. The summed E-state index contributed by atoms with van der Waals surface area (Å²) in [7, 11) is 4.37. The van der Waals surface area contributed by atoms with Crippen LogP contribution in [0, 0.1) is 11.6 Å². The third-order valence-electron chi connectivity index (χ3n) is 6.06. The molecule has 1 aliphatic rings. The van der Waals surface area contributed by atoms with E-state index in [1.54, 1.807) is 30.1 Å². The molecule has 9 nitrogen and oxygen atoms in total. The first-order valence-corrected chi connectivity index (χ1v) is 10.8. The molecule has 0 bridgehead atoms. The number of furan rings is 1. The Morgan fingerprint density at radius 2 is 1.83 bits per heavy atom. The average molecular weight is 483 g/mol. The van der Waals surface area contributed by atoms with Crippen LogP contribution in [0.4, 0.5) is 26.1 Å². The molecule has 182 valence electrons. The number of hydrogen-bond donors (Lipinski definition) is 2. The Bertz CT molecular complexity index is 1430. The number of fused-ring (bicyclic) bond motifs is 1. The van der Waals surface area contributed by atoms with Crippen LogP contribution in [0.25, 0.3) is 11.0 Å². The highest BCUT2D eigenvalue weighted by Crippen LogP contribution is 2.57. The molecule has 35 heavy (non-hydrogen) atoms. The van der Waals surface area contributed by atoms with Crippen molar-refractivity contribution < 1.29 is 27.5 Å². The lowest BCUT2D eigenvalue weighted by atomic mass is 9.91. The van der Waals surface area contributed by atoms with Gasteiger partial charge in [-0.3, -0.25) is 9.48 Å². The Kier molecular flexibility index (Phi) is 5.34. The number of halogens is 2. The molecule has 11 heteroatoms. The number of anilines is 3. The van der Waals surface area contributed by atoms with E-state index in [1.165, 1.54) is 33.4 Å². The van der Waals surface area contributed by atoms with Crippen LogP contribution in [-0.2, 0) is 17.3 Å². The summed E-state index contributed by atoms with van der Waals surface area (Å²) in [6.07, 6.45) is 4.20. The Balaban J connectivity index is 1.52. The van der Waals surface area contributed by atoms with Gasteiger partial charge in [0.2, 0.25) is 5.91 Å². The SMILES string of the molecule is COc1cc(OC)c(F)c(C2(c3cc4cc(Nc5nn(C)cc5NC(C)=O)ncc4o3)CC2)c1F. The van der Waals surface area contributed by atoms with Gasteiger partial charge in [-0.2, -0.15) is 5.10 Å². The van der Waals surface area contributed by atoms with Crippen LogP contribution in [0.15, 0.2) is 35.0 Å². The Hall–Kier alpha value is -4.15. The van der Waals surface area contributed by atoms with E-state index < -0.39 is 17.0 Å². The second-order valence-electron chi connectivity index (χ2n) is 8.46. The Labute approximate surface area is 199 Å². The minimum absolute atomic E-state index is 0.0980. The molecular formula is C24H23F2N5O4. The van der Waals surface area contributed by atoms with E-state index in [-0.39, 0.29) is 23.0 Å². The maximum Gasteiger partial charge on any atom is 0.221 e. The van der Waals surface area contributed by atoms with Crippen LogP contribution >= 0.6 is 0 Å². The summed E-state index contributed by atoms with van der Waals surface area (Å²) in [5.41, 5.74) is -0.130. The molecule has 1 saturated carbocycles. The molecule has 1 fully saturated rings. The molecule has 0 radical (unpaired) electrons.